The number of benzene rings is 2. The lowest BCUT2D eigenvalue weighted by molar-refractivity contribution is 0.143. The first-order chi connectivity index (χ1) is 15.9. The summed E-state index contributed by atoms with van der Waals surface area (Å²) in [6.45, 7) is 12.7. The number of aryl methyl sites for hydroxylation is 1. The van der Waals surface area contributed by atoms with E-state index < -0.39 is 5.60 Å². The van der Waals surface area contributed by atoms with E-state index in [4.69, 9.17) is 11.6 Å². The molecule has 0 spiro atoms. The summed E-state index contributed by atoms with van der Waals surface area (Å²) in [5.41, 5.74) is 4.20. The van der Waals surface area contributed by atoms with Crippen LogP contribution in [0.5, 0.6) is 0 Å². The van der Waals surface area contributed by atoms with E-state index in [1.54, 1.807) is 13.8 Å². The average molecular weight is 437 g/mol. The monoisotopic (exact) mass is 436 g/mol. The van der Waals surface area contributed by atoms with Crippen molar-refractivity contribution in [1.29, 1.82) is 0 Å². The van der Waals surface area contributed by atoms with E-state index in [0.717, 1.165) is 59.7 Å². The van der Waals surface area contributed by atoms with E-state index in [2.05, 4.69) is 27.0 Å². The number of nitrogens with one attached hydrogen (secondary N) is 1. The Balaban J connectivity index is 1.66. The van der Waals surface area contributed by atoms with Gasteiger partial charge in [-0.15, -0.1) is 0 Å². The number of nitrogens with zero attached hydrogens (tertiary/aromatic N) is 3. The maximum Gasteiger partial charge on any atom is 0.187 e. The van der Waals surface area contributed by atoms with Crippen molar-refractivity contribution >= 4 is 5.69 Å². The summed E-state index contributed by atoms with van der Waals surface area (Å²) in [4.78, 5) is 13.1. The third-order valence-electron chi connectivity index (χ3n) is 5.76. The fourth-order valence-electron chi connectivity index (χ4n) is 3.92. The van der Waals surface area contributed by atoms with Gasteiger partial charge in [-0.2, -0.15) is 0 Å². The highest BCUT2D eigenvalue weighted by molar-refractivity contribution is 5.81. The van der Waals surface area contributed by atoms with Crippen LogP contribution in [0.25, 0.3) is 27.2 Å². The van der Waals surface area contributed by atoms with Crippen molar-refractivity contribution in [3.05, 3.63) is 77.5 Å². The van der Waals surface area contributed by atoms with Gasteiger partial charge in [0.25, 0.3) is 0 Å². The summed E-state index contributed by atoms with van der Waals surface area (Å²) >= 11 is 0. The van der Waals surface area contributed by atoms with Crippen molar-refractivity contribution in [2.24, 2.45) is 5.92 Å². The standard InChI is InChI=1S/C28H28N4O/c1-28(2,33)16-14-20-4-7-22(8-5-20)25-19-31-26(13-6-21-15-17-30-18-21)32-27(25)23-9-11-24(29-3)12-10-23/h4-5,7-12,19,21,30,33H,6,13,15,17-18H2,1-2H3/t21-/m0/s1. The van der Waals surface area contributed by atoms with E-state index in [1.165, 1.54) is 6.42 Å². The Kier molecular flexibility index (Phi) is 6.84. The number of aromatic nitrogens is 2. The van der Waals surface area contributed by atoms with Crippen molar-refractivity contribution in [1.82, 2.24) is 15.3 Å². The van der Waals surface area contributed by atoms with Gasteiger partial charge in [0.1, 0.15) is 11.4 Å². The average Bonchev–Trinajstić information content (AvgIpc) is 3.35. The Morgan fingerprint density at radius 2 is 1.85 bits per heavy atom. The van der Waals surface area contributed by atoms with Gasteiger partial charge in [0.05, 0.1) is 12.3 Å². The minimum Gasteiger partial charge on any atom is -0.378 e. The first-order valence-electron chi connectivity index (χ1n) is 11.3. The van der Waals surface area contributed by atoms with Gasteiger partial charge in [-0.25, -0.2) is 14.8 Å². The van der Waals surface area contributed by atoms with Crippen LogP contribution in [-0.4, -0.2) is 33.8 Å². The molecule has 2 heterocycles. The Morgan fingerprint density at radius 1 is 1.12 bits per heavy atom. The second kappa shape index (κ2) is 9.96. The van der Waals surface area contributed by atoms with Crippen molar-refractivity contribution in [2.75, 3.05) is 13.1 Å². The molecular formula is C28H28N4O. The zero-order valence-corrected chi connectivity index (χ0v) is 19.1. The maximum absolute atomic E-state index is 9.84. The van der Waals surface area contributed by atoms with Crippen molar-refractivity contribution < 1.29 is 5.11 Å². The molecule has 1 saturated heterocycles. The zero-order valence-electron chi connectivity index (χ0n) is 19.1. The molecule has 0 aliphatic carbocycles. The lowest BCUT2D eigenvalue weighted by Gasteiger charge is -2.13. The highest BCUT2D eigenvalue weighted by Gasteiger charge is 2.16. The summed E-state index contributed by atoms with van der Waals surface area (Å²) < 4.78 is 0. The van der Waals surface area contributed by atoms with Gasteiger partial charge in [-0.05, 0) is 69.0 Å². The van der Waals surface area contributed by atoms with Gasteiger partial charge < -0.3 is 10.4 Å². The van der Waals surface area contributed by atoms with Gasteiger partial charge in [0, 0.05) is 23.7 Å². The van der Waals surface area contributed by atoms with Crippen molar-refractivity contribution in [2.45, 2.75) is 38.7 Å². The van der Waals surface area contributed by atoms with Gasteiger partial charge in [-0.1, -0.05) is 48.2 Å². The molecule has 5 nitrogen and oxygen atoms in total. The largest absolute Gasteiger partial charge is 0.378 e. The molecule has 1 aromatic heterocycles. The summed E-state index contributed by atoms with van der Waals surface area (Å²) in [6, 6.07) is 15.5. The second-order valence-electron chi connectivity index (χ2n) is 8.99. The molecule has 166 valence electrons. The molecule has 1 aliphatic heterocycles. The lowest BCUT2D eigenvalue weighted by atomic mass is 9.98. The molecule has 5 heteroatoms. The molecule has 2 aromatic carbocycles. The molecule has 0 saturated carbocycles. The van der Waals surface area contributed by atoms with Crippen LogP contribution in [0.4, 0.5) is 5.69 Å². The van der Waals surface area contributed by atoms with Crippen LogP contribution in [-0.2, 0) is 6.42 Å². The van der Waals surface area contributed by atoms with Crippen LogP contribution in [0.15, 0.2) is 54.7 Å². The van der Waals surface area contributed by atoms with Crippen LogP contribution in [0.2, 0.25) is 0 Å². The number of hydrogen-bond acceptors (Lipinski definition) is 4. The minimum atomic E-state index is -1.03. The van der Waals surface area contributed by atoms with E-state index in [9.17, 15) is 5.11 Å². The van der Waals surface area contributed by atoms with Gasteiger partial charge >= 0.3 is 0 Å². The Bertz CT molecular complexity index is 1200. The topological polar surface area (TPSA) is 62.4 Å². The zero-order chi connectivity index (χ0) is 23.3. The van der Waals surface area contributed by atoms with Crippen LogP contribution >= 0.6 is 0 Å². The number of rotatable bonds is 5. The highest BCUT2D eigenvalue weighted by Crippen LogP contribution is 2.32. The molecule has 33 heavy (non-hydrogen) atoms. The molecule has 0 bridgehead atoms. The third kappa shape index (κ3) is 6.05. The number of hydrogen-bond donors (Lipinski definition) is 2. The molecule has 3 aromatic rings. The molecule has 2 N–H and O–H groups in total. The second-order valence-corrected chi connectivity index (χ2v) is 8.99. The Hall–Kier alpha value is -3.51. The SMILES string of the molecule is [C-]#[N+]c1ccc(-c2nc(CC[C@H]3CCNC3)ncc2-c2ccc(C#CC(C)(C)O)cc2)cc1. The molecule has 1 atom stereocenters. The first-order valence-corrected chi connectivity index (χ1v) is 11.3. The first kappa shape index (κ1) is 22.7. The predicted molar refractivity (Wildman–Crippen MR) is 132 cm³/mol. The lowest BCUT2D eigenvalue weighted by Crippen LogP contribution is -2.14. The van der Waals surface area contributed by atoms with Gasteiger partial charge in [0.2, 0.25) is 0 Å². The predicted octanol–water partition coefficient (Wildman–Crippen LogP) is 5.03. The summed E-state index contributed by atoms with van der Waals surface area (Å²) in [5, 5.41) is 13.3. The summed E-state index contributed by atoms with van der Waals surface area (Å²) in [6.07, 6.45) is 5.05. The molecule has 0 amide bonds. The van der Waals surface area contributed by atoms with Gasteiger partial charge in [0.15, 0.2) is 5.69 Å². The van der Waals surface area contributed by atoms with E-state index in [1.807, 2.05) is 54.7 Å². The Morgan fingerprint density at radius 3 is 2.48 bits per heavy atom. The third-order valence-corrected chi connectivity index (χ3v) is 5.76. The van der Waals surface area contributed by atoms with Crippen LogP contribution in [0.3, 0.4) is 0 Å². The van der Waals surface area contributed by atoms with E-state index in [0.29, 0.717) is 11.6 Å². The minimum absolute atomic E-state index is 0.609. The molecule has 4 rings (SSSR count). The van der Waals surface area contributed by atoms with E-state index >= 15 is 0 Å². The smallest absolute Gasteiger partial charge is 0.187 e. The van der Waals surface area contributed by atoms with Crippen molar-refractivity contribution in [3.63, 3.8) is 0 Å². The van der Waals surface area contributed by atoms with E-state index in [-0.39, 0.29) is 0 Å². The molecule has 1 aliphatic rings. The van der Waals surface area contributed by atoms with Crippen molar-refractivity contribution in [3.8, 4) is 34.2 Å². The molecular weight excluding hydrogens is 408 g/mol. The van der Waals surface area contributed by atoms with Crippen LogP contribution in [0.1, 0.15) is 38.1 Å². The fraction of sp³-hybridized carbons (Fsp3) is 0.321. The van der Waals surface area contributed by atoms with Crippen LogP contribution < -0.4 is 5.32 Å². The molecule has 0 radical (unpaired) electrons. The summed E-state index contributed by atoms with van der Waals surface area (Å²) in [5.74, 6) is 7.39. The molecule has 1 fully saturated rings. The number of aliphatic hydroxyl groups is 1. The molecule has 0 unspecified atom stereocenters. The summed E-state index contributed by atoms with van der Waals surface area (Å²) in [7, 11) is 0. The van der Waals surface area contributed by atoms with Crippen LogP contribution in [0, 0.1) is 24.3 Å². The fourth-order valence-corrected chi connectivity index (χ4v) is 3.92. The highest BCUT2D eigenvalue weighted by atomic mass is 16.3. The quantitative estimate of drug-likeness (QED) is 0.435. The normalized spacial score (nSPS) is 15.5. The Labute approximate surface area is 195 Å². The van der Waals surface area contributed by atoms with Gasteiger partial charge in [-0.3, -0.25) is 0 Å². The maximum atomic E-state index is 9.84.